The lowest BCUT2D eigenvalue weighted by Crippen LogP contribution is -2.18. The molecule has 0 atom stereocenters. The van der Waals surface area contributed by atoms with E-state index >= 15 is 0 Å². The summed E-state index contributed by atoms with van der Waals surface area (Å²) in [7, 11) is -4.18. The molecule has 0 heterocycles. The van der Waals surface area contributed by atoms with Gasteiger partial charge in [-0.3, -0.25) is 0 Å². The first-order chi connectivity index (χ1) is 11.1. The van der Waals surface area contributed by atoms with Gasteiger partial charge in [-0.2, -0.15) is 13.5 Å². The summed E-state index contributed by atoms with van der Waals surface area (Å²) in [6.07, 6.45) is 0.187. The van der Waals surface area contributed by atoms with E-state index in [1.165, 1.54) is 24.3 Å². The molecule has 2 rings (SSSR count). The average molecular weight is 429 g/mol. The number of rotatable bonds is 4. The van der Waals surface area contributed by atoms with Crippen LogP contribution in [-0.4, -0.2) is 14.6 Å². The van der Waals surface area contributed by atoms with Crippen molar-refractivity contribution in [2.24, 2.45) is 5.10 Å². The topological polar surface area (TPSA) is 58.5 Å². The number of hydrazone groups is 1. The molecule has 4 nitrogen and oxygen atoms in total. The fourth-order valence-electron chi connectivity index (χ4n) is 1.56. The first-order valence-electron chi connectivity index (χ1n) is 5.97. The molecule has 0 saturated carbocycles. The van der Waals surface area contributed by atoms with Gasteiger partial charge in [0.1, 0.15) is 0 Å². The normalized spacial score (nSPS) is 11.9. The third-order valence-electron chi connectivity index (χ3n) is 2.73. The molecule has 1 N–H and O–H groups in total. The standard InChI is InChI=1S/C13H6BrF5N2O2S/c14-6-1-3-7(4-2-6)24(22,23)21-20-5-8-9(15)11(17)13(19)12(18)10(8)16/h1-5,21H. The molecule has 0 bridgehead atoms. The number of hydrogen-bond donors (Lipinski definition) is 1. The van der Waals surface area contributed by atoms with E-state index in [-0.39, 0.29) is 11.1 Å². The highest BCUT2D eigenvalue weighted by Gasteiger charge is 2.24. The highest BCUT2D eigenvalue weighted by atomic mass is 79.9. The number of benzene rings is 2. The molecular weight excluding hydrogens is 423 g/mol. The minimum absolute atomic E-state index is 0.187. The number of nitrogens with one attached hydrogen (secondary N) is 1. The molecule has 0 saturated heterocycles. The van der Waals surface area contributed by atoms with Crippen molar-refractivity contribution in [1.82, 2.24) is 4.83 Å². The molecule has 2 aromatic rings. The predicted molar refractivity (Wildman–Crippen MR) is 78.3 cm³/mol. The molecule has 0 aliphatic heterocycles. The Morgan fingerprint density at radius 3 is 1.83 bits per heavy atom. The van der Waals surface area contributed by atoms with Crippen LogP contribution in [0.2, 0.25) is 0 Å². The van der Waals surface area contributed by atoms with Crippen molar-refractivity contribution in [3.8, 4) is 0 Å². The van der Waals surface area contributed by atoms with E-state index in [0.29, 0.717) is 4.47 Å². The number of sulfonamides is 1. The van der Waals surface area contributed by atoms with Gasteiger partial charge in [0.15, 0.2) is 23.3 Å². The predicted octanol–water partition coefficient (Wildman–Crippen LogP) is 3.46. The second kappa shape index (κ2) is 6.85. The van der Waals surface area contributed by atoms with Crippen molar-refractivity contribution < 1.29 is 30.4 Å². The maximum absolute atomic E-state index is 13.4. The molecule has 0 amide bonds. The zero-order valence-electron chi connectivity index (χ0n) is 11.3. The molecule has 0 fully saturated rings. The van der Waals surface area contributed by atoms with Gasteiger partial charge in [0, 0.05) is 4.47 Å². The van der Waals surface area contributed by atoms with Crippen molar-refractivity contribution in [1.29, 1.82) is 0 Å². The monoisotopic (exact) mass is 428 g/mol. The summed E-state index contributed by atoms with van der Waals surface area (Å²) in [4.78, 5) is 1.38. The number of hydrogen-bond acceptors (Lipinski definition) is 3. The summed E-state index contributed by atoms with van der Waals surface area (Å²) in [5, 5.41) is 3.04. The summed E-state index contributed by atoms with van der Waals surface area (Å²) in [6.45, 7) is 0. The van der Waals surface area contributed by atoms with Gasteiger partial charge in [-0.15, -0.1) is 0 Å². The largest absolute Gasteiger partial charge is 0.276 e. The molecule has 0 radical (unpaired) electrons. The van der Waals surface area contributed by atoms with Crippen LogP contribution in [0.4, 0.5) is 22.0 Å². The Morgan fingerprint density at radius 2 is 1.33 bits per heavy atom. The maximum Gasteiger partial charge on any atom is 0.276 e. The van der Waals surface area contributed by atoms with Crippen LogP contribution >= 0.6 is 15.9 Å². The molecule has 0 aromatic heterocycles. The lowest BCUT2D eigenvalue weighted by atomic mass is 10.2. The minimum atomic E-state index is -4.18. The fourth-order valence-corrected chi connectivity index (χ4v) is 2.62. The molecule has 0 unspecified atom stereocenters. The Hall–Kier alpha value is -2.01. The lowest BCUT2D eigenvalue weighted by Gasteiger charge is -2.05. The van der Waals surface area contributed by atoms with E-state index in [4.69, 9.17) is 0 Å². The third kappa shape index (κ3) is 3.56. The van der Waals surface area contributed by atoms with Crippen LogP contribution in [-0.2, 0) is 10.0 Å². The molecule has 2 aromatic carbocycles. The average Bonchev–Trinajstić information content (AvgIpc) is 2.54. The summed E-state index contributed by atoms with van der Waals surface area (Å²) in [5.74, 6) is -10.9. The highest BCUT2D eigenvalue weighted by molar-refractivity contribution is 9.10. The molecular formula is C13H6BrF5N2O2S. The van der Waals surface area contributed by atoms with Crippen LogP contribution in [0.25, 0.3) is 0 Å². The van der Waals surface area contributed by atoms with Crippen molar-refractivity contribution in [3.63, 3.8) is 0 Å². The highest BCUT2D eigenvalue weighted by Crippen LogP contribution is 2.21. The number of nitrogens with zero attached hydrogens (tertiary/aromatic N) is 1. The van der Waals surface area contributed by atoms with Crippen molar-refractivity contribution >= 4 is 32.2 Å². The molecule has 24 heavy (non-hydrogen) atoms. The van der Waals surface area contributed by atoms with Gasteiger partial charge in [-0.25, -0.2) is 26.8 Å². The third-order valence-corrected chi connectivity index (χ3v) is 4.50. The Bertz CT molecular complexity index is 888. The van der Waals surface area contributed by atoms with E-state index < -0.39 is 44.7 Å². The van der Waals surface area contributed by atoms with E-state index in [1.807, 2.05) is 0 Å². The molecule has 128 valence electrons. The SMILES string of the molecule is O=S(=O)(NN=Cc1c(F)c(F)c(F)c(F)c1F)c1ccc(Br)cc1. The van der Waals surface area contributed by atoms with Gasteiger partial charge >= 0.3 is 0 Å². The second-order valence-electron chi connectivity index (χ2n) is 4.29. The second-order valence-corrected chi connectivity index (χ2v) is 6.87. The Balaban J connectivity index is 2.31. The fraction of sp³-hybridized carbons (Fsp3) is 0. The molecule has 0 aliphatic carbocycles. The van der Waals surface area contributed by atoms with Gasteiger partial charge in [0.25, 0.3) is 10.0 Å². The zero-order valence-corrected chi connectivity index (χ0v) is 13.7. The van der Waals surface area contributed by atoms with Gasteiger partial charge in [0.2, 0.25) is 5.82 Å². The van der Waals surface area contributed by atoms with Gasteiger partial charge in [0.05, 0.1) is 16.7 Å². The van der Waals surface area contributed by atoms with Gasteiger partial charge < -0.3 is 0 Å². The Labute approximate surface area is 141 Å². The van der Waals surface area contributed by atoms with Gasteiger partial charge in [-0.05, 0) is 24.3 Å². The van der Waals surface area contributed by atoms with Gasteiger partial charge in [-0.1, -0.05) is 15.9 Å². The summed E-state index contributed by atoms with van der Waals surface area (Å²) in [6, 6.07) is 5.26. The quantitative estimate of drug-likeness (QED) is 0.266. The Kier molecular flexibility index (Phi) is 5.23. The molecule has 0 spiro atoms. The van der Waals surface area contributed by atoms with Crippen LogP contribution in [0.5, 0.6) is 0 Å². The molecule has 11 heteroatoms. The zero-order chi connectivity index (χ0) is 18.1. The number of halogens is 6. The summed E-state index contributed by atoms with van der Waals surface area (Å²) in [5.41, 5.74) is -1.37. The lowest BCUT2D eigenvalue weighted by molar-refractivity contribution is 0.377. The maximum atomic E-state index is 13.4. The van der Waals surface area contributed by atoms with Crippen molar-refractivity contribution in [2.45, 2.75) is 4.90 Å². The summed E-state index contributed by atoms with van der Waals surface area (Å²) < 4.78 is 90.0. The Morgan fingerprint density at radius 1 is 0.875 bits per heavy atom. The van der Waals surface area contributed by atoms with E-state index in [0.717, 1.165) is 0 Å². The smallest absolute Gasteiger partial charge is 0.203 e. The van der Waals surface area contributed by atoms with Crippen LogP contribution in [0.1, 0.15) is 5.56 Å². The van der Waals surface area contributed by atoms with E-state index in [1.54, 1.807) is 4.83 Å². The minimum Gasteiger partial charge on any atom is -0.203 e. The van der Waals surface area contributed by atoms with Crippen molar-refractivity contribution in [3.05, 3.63) is 63.4 Å². The first-order valence-corrected chi connectivity index (χ1v) is 8.24. The van der Waals surface area contributed by atoms with E-state index in [9.17, 15) is 30.4 Å². The first kappa shape index (κ1) is 18.3. The van der Waals surface area contributed by atoms with Crippen LogP contribution in [0, 0.1) is 29.1 Å². The van der Waals surface area contributed by atoms with Crippen LogP contribution in [0.3, 0.4) is 0 Å². The van der Waals surface area contributed by atoms with Crippen LogP contribution < -0.4 is 4.83 Å². The van der Waals surface area contributed by atoms with Crippen molar-refractivity contribution in [2.75, 3.05) is 0 Å². The van der Waals surface area contributed by atoms with E-state index in [2.05, 4.69) is 21.0 Å². The van der Waals surface area contributed by atoms with Crippen LogP contribution in [0.15, 0.2) is 38.7 Å². The molecule has 0 aliphatic rings. The summed E-state index contributed by atoms with van der Waals surface area (Å²) >= 11 is 3.10.